The summed E-state index contributed by atoms with van der Waals surface area (Å²) in [5, 5.41) is 16.9. The highest BCUT2D eigenvalue weighted by molar-refractivity contribution is 5.91. The molecule has 12 heavy (non-hydrogen) atoms. The molecule has 1 aliphatic carbocycles. The molecule has 1 rings (SSSR count). The molecule has 0 aliphatic heterocycles. The van der Waals surface area contributed by atoms with Gasteiger partial charge in [0, 0.05) is 6.42 Å². The maximum absolute atomic E-state index is 10.3. The Morgan fingerprint density at radius 3 is 2.42 bits per heavy atom. The summed E-state index contributed by atoms with van der Waals surface area (Å²) in [5.41, 5.74) is 0.0486. The number of hydrogen-bond donors (Lipinski definition) is 2. The molecular formula is C8H6O4. The Balaban J connectivity index is 2.68. The summed E-state index contributed by atoms with van der Waals surface area (Å²) in [6, 6.07) is 0. The molecule has 2 N–H and O–H groups in total. The molecule has 1 atom stereocenters. The number of allylic oxidation sites excluding steroid dienone is 1. The van der Waals surface area contributed by atoms with Crippen LogP contribution in [0, 0.1) is 12.3 Å². The van der Waals surface area contributed by atoms with Crippen LogP contribution in [0.2, 0.25) is 0 Å². The molecule has 1 aliphatic rings. The lowest BCUT2D eigenvalue weighted by atomic mass is 9.97. The number of carbonyl (C=O) groups is 2. The van der Waals surface area contributed by atoms with Gasteiger partial charge in [-0.15, -0.1) is 0 Å². The highest BCUT2D eigenvalue weighted by Crippen LogP contribution is 2.15. The maximum atomic E-state index is 10.3. The SMILES string of the molecule is O=C(O)C1=C[C]C(C(=O)O)C=C1. The standard InChI is InChI=1S/C8H6O4/c9-7(10)5-1-2-6(4-3-5)8(11)12/h1-3,6H,(H,9,10)(H,11,12). The van der Waals surface area contributed by atoms with Crippen molar-refractivity contribution in [2.45, 2.75) is 0 Å². The van der Waals surface area contributed by atoms with E-state index in [4.69, 9.17) is 10.2 Å². The van der Waals surface area contributed by atoms with Gasteiger partial charge < -0.3 is 10.2 Å². The lowest BCUT2D eigenvalue weighted by Gasteiger charge is -2.07. The lowest BCUT2D eigenvalue weighted by molar-refractivity contribution is -0.139. The molecule has 0 bridgehead atoms. The second kappa shape index (κ2) is 3.21. The molecule has 0 saturated carbocycles. The first-order chi connectivity index (χ1) is 5.61. The quantitative estimate of drug-likeness (QED) is 0.620. The second-order valence-electron chi connectivity index (χ2n) is 2.25. The van der Waals surface area contributed by atoms with E-state index in [0.29, 0.717) is 0 Å². The van der Waals surface area contributed by atoms with Crippen LogP contribution in [-0.4, -0.2) is 22.2 Å². The average molecular weight is 166 g/mol. The van der Waals surface area contributed by atoms with Gasteiger partial charge >= 0.3 is 11.9 Å². The monoisotopic (exact) mass is 166 g/mol. The fourth-order valence-corrected chi connectivity index (χ4v) is 0.770. The van der Waals surface area contributed by atoms with Gasteiger partial charge in [-0.25, -0.2) is 4.79 Å². The van der Waals surface area contributed by atoms with E-state index < -0.39 is 17.9 Å². The first-order valence-corrected chi connectivity index (χ1v) is 3.22. The van der Waals surface area contributed by atoms with Crippen molar-refractivity contribution in [1.29, 1.82) is 0 Å². The molecule has 62 valence electrons. The highest BCUT2D eigenvalue weighted by atomic mass is 16.4. The van der Waals surface area contributed by atoms with E-state index in [1.54, 1.807) is 0 Å². The molecule has 0 heterocycles. The van der Waals surface area contributed by atoms with Crippen LogP contribution in [0.3, 0.4) is 0 Å². The molecule has 2 radical (unpaired) electrons. The van der Waals surface area contributed by atoms with E-state index >= 15 is 0 Å². The van der Waals surface area contributed by atoms with Gasteiger partial charge in [0.1, 0.15) is 0 Å². The van der Waals surface area contributed by atoms with E-state index in [1.165, 1.54) is 18.2 Å². The van der Waals surface area contributed by atoms with Crippen molar-refractivity contribution in [3.63, 3.8) is 0 Å². The third kappa shape index (κ3) is 1.72. The van der Waals surface area contributed by atoms with Crippen molar-refractivity contribution in [2.24, 2.45) is 5.92 Å². The van der Waals surface area contributed by atoms with Crippen LogP contribution in [0.5, 0.6) is 0 Å². The van der Waals surface area contributed by atoms with Crippen LogP contribution < -0.4 is 0 Å². The summed E-state index contributed by atoms with van der Waals surface area (Å²) >= 11 is 0. The molecule has 0 aromatic heterocycles. The highest BCUT2D eigenvalue weighted by Gasteiger charge is 2.18. The molecule has 0 amide bonds. The van der Waals surface area contributed by atoms with Crippen LogP contribution in [0.15, 0.2) is 23.8 Å². The first kappa shape index (κ1) is 8.52. The number of rotatable bonds is 2. The Morgan fingerprint density at radius 2 is 2.08 bits per heavy atom. The van der Waals surface area contributed by atoms with Gasteiger partial charge in [-0.05, 0) is 0 Å². The Hall–Kier alpha value is -1.58. The minimum absolute atomic E-state index is 0.0486. The molecule has 4 nitrogen and oxygen atoms in total. The maximum Gasteiger partial charge on any atom is 0.335 e. The van der Waals surface area contributed by atoms with Gasteiger partial charge in [-0.1, -0.05) is 18.2 Å². The second-order valence-corrected chi connectivity index (χ2v) is 2.25. The zero-order chi connectivity index (χ0) is 9.14. The minimum Gasteiger partial charge on any atom is -0.481 e. The van der Waals surface area contributed by atoms with E-state index in [0.717, 1.165) is 0 Å². The van der Waals surface area contributed by atoms with Gasteiger partial charge in [0.05, 0.1) is 11.5 Å². The zero-order valence-corrected chi connectivity index (χ0v) is 6.02. The fraction of sp³-hybridized carbons (Fsp3) is 0.125. The van der Waals surface area contributed by atoms with Crippen molar-refractivity contribution in [3.8, 4) is 0 Å². The van der Waals surface area contributed by atoms with E-state index in [9.17, 15) is 9.59 Å². The average Bonchev–Trinajstić information content (AvgIpc) is 2.04. The predicted molar refractivity (Wildman–Crippen MR) is 39.2 cm³/mol. The number of carboxylic acids is 2. The fourth-order valence-electron chi connectivity index (χ4n) is 0.770. The zero-order valence-electron chi connectivity index (χ0n) is 6.02. The molecule has 0 aromatic carbocycles. The topological polar surface area (TPSA) is 74.6 Å². The largest absolute Gasteiger partial charge is 0.481 e. The van der Waals surface area contributed by atoms with Crippen LogP contribution in [0.25, 0.3) is 0 Å². The predicted octanol–water partition coefficient (Wildman–Crippen LogP) is 0.349. The van der Waals surface area contributed by atoms with Crippen molar-refractivity contribution < 1.29 is 19.8 Å². The van der Waals surface area contributed by atoms with Crippen LogP contribution in [-0.2, 0) is 9.59 Å². The first-order valence-electron chi connectivity index (χ1n) is 3.22. The number of hydrogen-bond acceptors (Lipinski definition) is 2. The Morgan fingerprint density at radius 1 is 1.42 bits per heavy atom. The van der Waals surface area contributed by atoms with Crippen LogP contribution in [0.1, 0.15) is 0 Å². The Kier molecular flexibility index (Phi) is 2.28. The Bertz CT molecular complexity index is 275. The molecule has 0 saturated heterocycles. The summed E-state index contributed by atoms with van der Waals surface area (Å²) in [4.78, 5) is 20.7. The third-order valence-electron chi connectivity index (χ3n) is 1.40. The minimum atomic E-state index is -1.08. The van der Waals surface area contributed by atoms with Crippen molar-refractivity contribution in [2.75, 3.05) is 0 Å². The third-order valence-corrected chi connectivity index (χ3v) is 1.40. The summed E-state index contributed by atoms with van der Waals surface area (Å²) in [5.74, 6) is -2.94. The van der Waals surface area contributed by atoms with Gasteiger partial charge in [-0.3, -0.25) is 4.79 Å². The van der Waals surface area contributed by atoms with Crippen molar-refractivity contribution >= 4 is 11.9 Å². The smallest absolute Gasteiger partial charge is 0.335 e. The van der Waals surface area contributed by atoms with Crippen LogP contribution >= 0.6 is 0 Å². The molecular weight excluding hydrogens is 160 g/mol. The summed E-state index contributed by atoms with van der Waals surface area (Å²) in [7, 11) is 0. The molecule has 4 heteroatoms. The van der Waals surface area contributed by atoms with Gasteiger partial charge in [0.25, 0.3) is 0 Å². The van der Waals surface area contributed by atoms with Gasteiger partial charge in [0.2, 0.25) is 0 Å². The molecule has 0 spiro atoms. The summed E-state index contributed by atoms with van der Waals surface area (Å²) < 4.78 is 0. The molecule has 0 fully saturated rings. The number of aliphatic carboxylic acids is 2. The van der Waals surface area contributed by atoms with E-state index in [2.05, 4.69) is 6.42 Å². The van der Waals surface area contributed by atoms with Crippen LogP contribution in [0.4, 0.5) is 0 Å². The van der Waals surface area contributed by atoms with Gasteiger partial charge in [-0.2, -0.15) is 0 Å². The molecule has 1 unspecified atom stereocenters. The van der Waals surface area contributed by atoms with Crippen molar-refractivity contribution in [3.05, 3.63) is 30.2 Å². The molecule has 0 aromatic rings. The lowest BCUT2D eigenvalue weighted by Crippen LogP contribution is -2.14. The normalized spacial score (nSPS) is 21.7. The van der Waals surface area contributed by atoms with Gasteiger partial charge in [0.15, 0.2) is 0 Å². The number of carboxylic acid groups (broad SMARTS) is 2. The summed E-state index contributed by atoms with van der Waals surface area (Å²) in [6.45, 7) is 0. The van der Waals surface area contributed by atoms with Crippen molar-refractivity contribution in [1.82, 2.24) is 0 Å². The summed E-state index contributed by atoms with van der Waals surface area (Å²) in [6.07, 6.45) is 6.13. The van der Waals surface area contributed by atoms with E-state index in [1.807, 2.05) is 0 Å². The Labute approximate surface area is 68.8 Å². The van der Waals surface area contributed by atoms with E-state index in [-0.39, 0.29) is 5.57 Å².